The van der Waals surface area contributed by atoms with Crippen LogP contribution in [0.15, 0.2) is 28.2 Å². The van der Waals surface area contributed by atoms with Gasteiger partial charge in [-0.25, -0.2) is 14.1 Å². The van der Waals surface area contributed by atoms with Crippen LogP contribution in [0.3, 0.4) is 0 Å². The lowest BCUT2D eigenvalue weighted by Crippen LogP contribution is -2.39. The minimum absolute atomic E-state index is 0.0190. The molecule has 0 spiro atoms. The zero-order valence-electron chi connectivity index (χ0n) is 21.4. The van der Waals surface area contributed by atoms with Crippen molar-refractivity contribution in [2.45, 2.75) is 63.7 Å². The van der Waals surface area contributed by atoms with Crippen LogP contribution in [0, 0.1) is 5.82 Å². The van der Waals surface area contributed by atoms with Crippen molar-refractivity contribution in [1.29, 1.82) is 0 Å². The average molecular weight is 558 g/mol. The molecule has 0 bridgehead atoms. The van der Waals surface area contributed by atoms with Gasteiger partial charge in [0.25, 0.3) is 5.91 Å². The summed E-state index contributed by atoms with van der Waals surface area (Å²) >= 11 is 7.22. The molecule has 11 heteroatoms. The van der Waals surface area contributed by atoms with Crippen molar-refractivity contribution in [2.24, 2.45) is 0 Å². The first-order valence-electron chi connectivity index (χ1n) is 12.3. The van der Waals surface area contributed by atoms with Gasteiger partial charge in [0.05, 0.1) is 29.7 Å². The molecule has 0 fully saturated rings. The van der Waals surface area contributed by atoms with E-state index in [0.717, 1.165) is 35.6 Å². The van der Waals surface area contributed by atoms with Crippen molar-refractivity contribution >= 4 is 52.8 Å². The molecule has 0 saturated heterocycles. The number of hydrogen-bond donors (Lipinski definition) is 0. The Kier molecular flexibility index (Phi) is 13.1. The number of nitrogens with zero attached hydrogens (tertiary/aromatic N) is 1. The number of carbonyl (C=O) groups excluding carboxylic acids is 4. The van der Waals surface area contributed by atoms with Crippen LogP contribution in [-0.4, -0.2) is 56.4 Å². The predicted molar refractivity (Wildman–Crippen MR) is 139 cm³/mol. The van der Waals surface area contributed by atoms with Crippen molar-refractivity contribution in [3.8, 4) is 0 Å². The van der Waals surface area contributed by atoms with Crippen molar-refractivity contribution in [3.05, 3.63) is 34.1 Å². The zero-order chi connectivity index (χ0) is 27.4. The summed E-state index contributed by atoms with van der Waals surface area (Å²) < 4.78 is 30.4. The largest absolute Gasteiger partial charge is 0.465 e. The quantitative estimate of drug-likeness (QED) is 0.184. The van der Waals surface area contributed by atoms with Gasteiger partial charge in [-0.1, -0.05) is 31.9 Å². The molecule has 37 heavy (non-hydrogen) atoms. The van der Waals surface area contributed by atoms with Crippen molar-refractivity contribution in [1.82, 2.24) is 0 Å². The second-order valence-corrected chi connectivity index (χ2v) is 9.70. The molecule has 0 unspecified atom stereocenters. The second-order valence-electron chi connectivity index (χ2n) is 8.28. The van der Waals surface area contributed by atoms with Gasteiger partial charge >= 0.3 is 11.9 Å². The van der Waals surface area contributed by atoms with Crippen LogP contribution in [0.25, 0.3) is 0 Å². The van der Waals surface area contributed by atoms with Gasteiger partial charge in [-0.05, 0) is 44.2 Å². The SMILES string of the molecule is CCCCOC(=O)CSc1cc(N(C(=O)CC)C(=O)C2=C(C(=O)OCCOC)CCCC2)c(F)cc1Cl. The van der Waals surface area contributed by atoms with E-state index in [1.807, 2.05) is 6.92 Å². The van der Waals surface area contributed by atoms with Crippen LogP contribution in [-0.2, 0) is 33.4 Å². The maximum atomic E-state index is 15.1. The maximum absolute atomic E-state index is 15.1. The number of thioether (sulfide) groups is 1. The molecule has 0 atom stereocenters. The van der Waals surface area contributed by atoms with E-state index in [-0.39, 0.29) is 53.7 Å². The number of esters is 2. The van der Waals surface area contributed by atoms with Crippen molar-refractivity contribution in [2.75, 3.05) is 37.6 Å². The lowest BCUT2D eigenvalue weighted by atomic mass is 9.90. The van der Waals surface area contributed by atoms with E-state index in [1.165, 1.54) is 13.2 Å². The fraction of sp³-hybridized carbons (Fsp3) is 0.538. The molecule has 8 nitrogen and oxygen atoms in total. The summed E-state index contributed by atoms with van der Waals surface area (Å²) in [5.74, 6) is -3.49. The number of anilines is 1. The number of methoxy groups -OCH3 is 1. The van der Waals surface area contributed by atoms with Gasteiger partial charge in [0.1, 0.15) is 12.4 Å². The summed E-state index contributed by atoms with van der Waals surface area (Å²) in [5, 5.41) is 0.0308. The Bertz CT molecular complexity index is 1030. The van der Waals surface area contributed by atoms with Crippen LogP contribution >= 0.6 is 23.4 Å². The summed E-state index contributed by atoms with van der Waals surface area (Å²) in [6.45, 7) is 4.05. The van der Waals surface area contributed by atoms with Gasteiger partial charge in [-0.2, -0.15) is 0 Å². The Morgan fingerprint density at radius 3 is 2.38 bits per heavy atom. The highest BCUT2D eigenvalue weighted by atomic mass is 35.5. The molecule has 0 radical (unpaired) electrons. The molecule has 0 heterocycles. The highest BCUT2D eigenvalue weighted by molar-refractivity contribution is 8.00. The minimum Gasteiger partial charge on any atom is -0.465 e. The van der Waals surface area contributed by atoms with Gasteiger partial charge in [-0.15, -0.1) is 11.8 Å². The Morgan fingerprint density at radius 1 is 1.03 bits per heavy atom. The number of benzene rings is 1. The third-order valence-corrected chi connectivity index (χ3v) is 7.05. The van der Waals surface area contributed by atoms with Crippen molar-refractivity contribution in [3.63, 3.8) is 0 Å². The number of imide groups is 1. The van der Waals surface area contributed by atoms with E-state index in [0.29, 0.717) is 30.8 Å². The highest BCUT2D eigenvalue weighted by Crippen LogP contribution is 2.36. The molecule has 0 saturated carbocycles. The summed E-state index contributed by atoms with van der Waals surface area (Å²) in [6.07, 6.45) is 3.41. The van der Waals surface area contributed by atoms with Gasteiger partial charge in [0, 0.05) is 29.6 Å². The summed E-state index contributed by atoms with van der Waals surface area (Å²) in [5.41, 5.74) is 0.00634. The van der Waals surface area contributed by atoms with E-state index >= 15 is 4.39 Å². The molecule has 0 aromatic heterocycles. The van der Waals surface area contributed by atoms with E-state index < -0.39 is 29.6 Å². The van der Waals surface area contributed by atoms with E-state index in [9.17, 15) is 19.2 Å². The molecule has 2 rings (SSSR count). The van der Waals surface area contributed by atoms with Gasteiger partial charge < -0.3 is 14.2 Å². The Balaban J connectivity index is 2.39. The number of amides is 2. The summed E-state index contributed by atoms with van der Waals surface area (Å²) in [4.78, 5) is 52.3. The number of ether oxygens (including phenoxy) is 3. The highest BCUT2D eigenvalue weighted by Gasteiger charge is 2.33. The minimum atomic E-state index is -0.879. The maximum Gasteiger partial charge on any atom is 0.334 e. The van der Waals surface area contributed by atoms with Crippen LogP contribution in [0.5, 0.6) is 0 Å². The van der Waals surface area contributed by atoms with Crippen LogP contribution in [0.2, 0.25) is 5.02 Å². The third-order valence-electron chi connectivity index (χ3n) is 5.60. The van der Waals surface area contributed by atoms with Gasteiger partial charge in [0.2, 0.25) is 5.91 Å². The molecule has 1 aromatic rings. The molecule has 2 amide bonds. The smallest absolute Gasteiger partial charge is 0.334 e. The summed E-state index contributed by atoms with van der Waals surface area (Å²) in [7, 11) is 1.47. The molecule has 0 aliphatic heterocycles. The van der Waals surface area contributed by atoms with Crippen LogP contribution in [0.4, 0.5) is 10.1 Å². The molecular weight excluding hydrogens is 525 g/mol. The molecule has 0 N–H and O–H groups in total. The predicted octanol–water partition coefficient (Wildman–Crippen LogP) is 5.24. The Hall–Kier alpha value is -2.43. The van der Waals surface area contributed by atoms with Gasteiger partial charge in [-0.3, -0.25) is 14.4 Å². The second kappa shape index (κ2) is 15.7. The number of halogens is 2. The number of unbranched alkanes of at least 4 members (excludes halogenated alkanes) is 1. The van der Waals surface area contributed by atoms with E-state index in [2.05, 4.69) is 0 Å². The zero-order valence-corrected chi connectivity index (χ0v) is 23.0. The normalized spacial score (nSPS) is 13.3. The fourth-order valence-corrected chi connectivity index (χ4v) is 4.69. The molecular formula is C26H33ClFNO7S. The standard InChI is InChI=1S/C26H33ClFNO7S/c1-4-6-11-35-24(31)16-37-22-15-21(20(28)14-19(22)27)29(23(30)5-2)25(32)17-9-7-8-10-18(17)26(33)36-13-12-34-3/h14-15H,4-13,16H2,1-3H3. The first kappa shape index (κ1) is 30.8. The Labute approximate surface area is 225 Å². The molecule has 1 aromatic carbocycles. The number of hydrogen-bond acceptors (Lipinski definition) is 8. The average Bonchev–Trinajstić information content (AvgIpc) is 2.89. The monoisotopic (exact) mass is 557 g/mol. The number of rotatable bonds is 13. The first-order valence-corrected chi connectivity index (χ1v) is 13.6. The fourth-order valence-electron chi connectivity index (χ4n) is 3.63. The van der Waals surface area contributed by atoms with Gasteiger partial charge in [0.15, 0.2) is 0 Å². The van der Waals surface area contributed by atoms with E-state index in [4.69, 9.17) is 25.8 Å². The van der Waals surface area contributed by atoms with E-state index in [1.54, 1.807) is 6.92 Å². The molecule has 1 aliphatic carbocycles. The van der Waals surface area contributed by atoms with Crippen LogP contribution in [0.1, 0.15) is 58.8 Å². The number of carbonyl (C=O) groups is 4. The summed E-state index contributed by atoms with van der Waals surface area (Å²) in [6, 6.07) is 2.27. The topological polar surface area (TPSA) is 99.2 Å². The lowest BCUT2D eigenvalue weighted by Gasteiger charge is -2.26. The van der Waals surface area contributed by atoms with Crippen LogP contribution < -0.4 is 4.90 Å². The third kappa shape index (κ3) is 8.83. The molecule has 1 aliphatic rings. The lowest BCUT2D eigenvalue weighted by molar-refractivity contribution is -0.141. The first-order chi connectivity index (χ1) is 17.7. The van der Waals surface area contributed by atoms with Crippen molar-refractivity contribution < 1.29 is 37.8 Å². The Morgan fingerprint density at radius 2 is 1.73 bits per heavy atom. The molecule has 204 valence electrons.